The number of methoxy groups -OCH3 is 2. The second kappa shape index (κ2) is 21.5. The van der Waals surface area contributed by atoms with E-state index in [1.807, 2.05) is 0 Å². The summed E-state index contributed by atoms with van der Waals surface area (Å²) in [4.78, 5) is 19.8. The molecule has 0 aromatic heterocycles. The van der Waals surface area contributed by atoms with E-state index < -0.39 is 141 Å². The van der Waals surface area contributed by atoms with Crippen LogP contribution in [0.1, 0.15) is 0 Å². The Morgan fingerprint density at radius 1 is 0.660 bits per heavy atom. The molecule has 13 N–H and O–H groups in total. The van der Waals surface area contributed by atoms with Crippen molar-refractivity contribution in [2.45, 2.75) is 85.8 Å². The van der Waals surface area contributed by atoms with Crippen molar-refractivity contribution in [2.75, 3.05) is 67.0 Å². The highest BCUT2D eigenvalue weighted by Gasteiger charge is 2.50. The standard InChI is InChI=1S/C24H49NO23P2/c1-39-21-19(34)15(5-26)46-23(21)41-7-11(28)18(33)14(31)10-45-50(37,38)48-20-16(6-27)47-24(22(20)40-2)42-8-12(29)17(32)13(30)9-44-49(35,36)43-4-3-25/h11-24,26-34H,3-10,25H2,1-2H3,(H,35,36)(H,37,38)/t11?,12?,13?,14?,15-,16-,17?,18?,19?,20?,21?,22?,23-,24-/m1/s1. The number of aliphatic hydroxyl groups is 9. The molecule has 24 nitrogen and oxygen atoms in total. The third-order valence-electron chi connectivity index (χ3n) is 7.35. The number of rotatable bonds is 25. The Kier molecular flexibility index (Phi) is 19.6. The van der Waals surface area contributed by atoms with Crippen LogP contribution in [0.3, 0.4) is 0 Å². The maximum atomic E-state index is 12.7. The molecule has 298 valence electrons. The number of hydrogen-bond donors (Lipinski definition) is 12. The van der Waals surface area contributed by atoms with Gasteiger partial charge in [0.15, 0.2) is 12.6 Å². The van der Waals surface area contributed by atoms with Gasteiger partial charge in [0, 0.05) is 20.8 Å². The van der Waals surface area contributed by atoms with Crippen molar-refractivity contribution in [3.05, 3.63) is 0 Å². The smallest absolute Gasteiger partial charge is 0.394 e. The summed E-state index contributed by atoms with van der Waals surface area (Å²) in [5.74, 6) is 0. The van der Waals surface area contributed by atoms with Crippen LogP contribution in [0.15, 0.2) is 0 Å². The van der Waals surface area contributed by atoms with Gasteiger partial charge in [-0.1, -0.05) is 0 Å². The first-order chi connectivity index (χ1) is 23.4. The average molecular weight is 782 g/mol. The Balaban J connectivity index is 1.88. The lowest BCUT2D eigenvalue weighted by molar-refractivity contribution is -0.198. The molecule has 2 aliphatic heterocycles. The van der Waals surface area contributed by atoms with Gasteiger partial charge in [-0.15, -0.1) is 0 Å². The first-order valence-corrected chi connectivity index (χ1v) is 18.0. The third kappa shape index (κ3) is 13.5. The molecule has 2 heterocycles. The van der Waals surface area contributed by atoms with Gasteiger partial charge >= 0.3 is 15.6 Å². The van der Waals surface area contributed by atoms with E-state index in [9.17, 15) is 64.9 Å². The third-order valence-corrected chi connectivity index (χ3v) is 9.32. The van der Waals surface area contributed by atoms with Crippen LogP contribution in [0.4, 0.5) is 0 Å². The summed E-state index contributed by atoms with van der Waals surface area (Å²) >= 11 is 0. The molecule has 0 radical (unpaired) electrons. The molecular formula is C24H49NO23P2. The van der Waals surface area contributed by atoms with E-state index in [1.165, 1.54) is 7.11 Å². The maximum Gasteiger partial charge on any atom is 0.472 e. The molecule has 50 heavy (non-hydrogen) atoms. The van der Waals surface area contributed by atoms with Crippen LogP contribution in [0.5, 0.6) is 0 Å². The first kappa shape index (κ1) is 45.7. The number of hydrogen-bond acceptors (Lipinski definition) is 22. The van der Waals surface area contributed by atoms with Gasteiger partial charge in [-0.25, -0.2) is 9.13 Å². The second-order valence-electron chi connectivity index (χ2n) is 11.0. The minimum Gasteiger partial charge on any atom is -0.394 e. The van der Waals surface area contributed by atoms with E-state index >= 15 is 0 Å². The monoisotopic (exact) mass is 781 g/mol. The zero-order chi connectivity index (χ0) is 37.8. The zero-order valence-electron chi connectivity index (χ0n) is 27.0. The molecule has 0 amide bonds. The van der Waals surface area contributed by atoms with E-state index in [-0.39, 0.29) is 13.2 Å². The fraction of sp³-hybridized carbons (Fsp3) is 1.00. The van der Waals surface area contributed by atoms with Crippen molar-refractivity contribution >= 4 is 15.6 Å². The highest BCUT2D eigenvalue weighted by Crippen LogP contribution is 2.48. The van der Waals surface area contributed by atoms with E-state index in [4.69, 9.17) is 43.2 Å². The lowest BCUT2D eigenvalue weighted by Gasteiger charge is -2.27. The minimum atomic E-state index is -5.15. The maximum absolute atomic E-state index is 12.7. The molecule has 2 rings (SSSR count). The molecule has 26 heteroatoms. The Morgan fingerprint density at radius 2 is 1.10 bits per heavy atom. The van der Waals surface area contributed by atoms with Gasteiger partial charge in [0.05, 0.1) is 46.2 Å². The second-order valence-corrected chi connectivity index (χ2v) is 13.8. The average Bonchev–Trinajstić information content (AvgIpc) is 3.59. The fourth-order valence-electron chi connectivity index (χ4n) is 4.61. The van der Waals surface area contributed by atoms with Gasteiger partial charge < -0.3 is 89.9 Å². The molecule has 0 bridgehead atoms. The van der Waals surface area contributed by atoms with E-state index in [0.29, 0.717) is 0 Å². The predicted octanol–water partition coefficient (Wildman–Crippen LogP) is -6.40. The summed E-state index contributed by atoms with van der Waals surface area (Å²) in [5.41, 5.74) is 5.16. The lowest BCUT2D eigenvalue weighted by atomic mass is 10.1. The molecule has 0 aliphatic carbocycles. The molecular weight excluding hydrogens is 732 g/mol. The van der Waals surface area contributed by atoms with Crippen LogP contribution in [-0.2, 0) is 55.6 Å². The molecule has 2 aliphatic rings. The van der Waals surface area contributed by atoms with Crippen LogP contribution in [0.25, 0.3) is 0 Å². The van der Waals surface area contributed by atoms with Crippen LogP contribution in [-0.4, -0.2) is 209 Å². The number of phosphoric ester groups is 2. The topological polar surface area (TPSA) is 375 Å². The fourth-order valence-corrected chi connectivity index (χ4v) is 6.33. The zero-order valence-corrected chi connectivity index (χ0v) is 28.8. The van der Waals surface area contributed by atoms with Crippen molar-refractivity contribution in [3.63, 3.8) is 0 Å². The Hall–Kier alpha value is -0.420. The number of phosphoric acid groups is 2. The summed E-state index contributed by atoms with van der Waals surface area (Å²) in [6.07, 6.45) is -22.0. The summed E-state index contributed by atoms with van der Waals surface area (Å²) in [6.45, 7) is -5.28. The van der Waals surface area contributed by atoms with Gasteiger partial charge in [-0.3, -0.25) is 18.1 Å². The number of nitrogens with two attached hydrogens (primary N) is 1. The van der Waals surface area contributed by atoms with Crippen molar-refractivity contribution < 1.29 is 111 Å². The van der Waals surface area contributed by atoms with Crippen molar-refractivity contribution in [3.8, 4) is 0 Å². The first-order valence-electron chi connectivity index (χ1n) is 15.0. The highest BCUT2D eigenvalue weighted by atomic mass is 31.2. The van der Waals surface area contributed by atoms with Crippen molar-refractivity contribution in [1.82, 2.24) is 0 Å². The van der Waals surface area contributed by atoms with Gasteiger partial charge in [0.25, 0.3) is 0 Å². The van der Waals surface area contributed by atoms with Gasteiger partial charge in [0.1, 0.15) is 73.2 Å². The van der Waals surface area contributed by atoms with Gasteiger partial charge in [-0.05, 0) is 0 Å². The molecule has 0 saturated carbocycles. The largest absolute Gasteiger partial charge is 0.472 e. The summed E-state index contributed by atoms with van der Waals surface area (Å²) in [5, 5.41) is 90.2. The van der Waals surface area contributed by atoms with Crippen LogP contribution in [0.2, 0.25) is 0 Å². The molecule has 2 fully saturated rings. The minimum absolute atomic E-state index is 0.0998. The summed E-state index contributed by atoms with van der Waals surface area (Å²) in [7, 11) is -7.40. The Labute approximate surface area is 285 Å². The van der Waals surface area contributed by atoms with E-state index in [1.54, 1.807) is 0 Å². The SMILES string of the molecule is COC1C(O)[C@@H](CO)O[C@H]1OCC(O)C(O)C(O)COP(=O)(O)OC1C(OC)[C@H](OCC(O)C(O)C(O)COP(=O)(O)OCCN)O[C@@H]1CO. The van der Waals surface area contributed by atoms with Crippen molar-refractivity contribution in [1.29, 1.82) is 0 Å². The molecule has 0 spiro atoms. The van der Waals surface area contributed by atoms with Crippen LogP contribution in [0, 0.1) is 0 Å². The van der Waals surface area contributed by atoms with Crippen molar-refractivity contribution in [2.24, 2.45) is 5.73 Å². The van der Waals surface area contributed by atoms with E-state index in [0.717, 1.165) is 7.11 Å². The highest BCUT2D eigenvalue weighted by molar-refractivity contribution is 7.47. The van der Waals surface area contributed by atoms with Crippen LogP contribution < -0.4 is 5.73 Å². The Bertz CT molecular complexity index is 1070. The molecule has 12 unspecified atom stereocenters. The molecule has 0 aromatic carbocycles. The van der Waals surface area contributed by atoms with Gasteiger partial charge in [0.2, 0.25) is 0 Å². The molecule has 16 atom stereocenters. The summed E-state index contributed by atoms with van der Waals surface area (Å²) < 4.78 is 74.8. The van der Waals surface area contributed by atoms with E-state index in [2.05, 4.69) is 9.05 Å². The van der Waals surface area contributed by atoms with Gasteiger partial charge in [-0.2, -0.15) is 0 Å². The molecule has 2 saturated heterocycles. The predicted molar refractivity (Wildman–Crippen MR) is 158 cm³/mol. The normalized spacial score (nSPS) is 33.3. The molecule has 0 aromatic rings. The quantitative estimate of drug-likeness (QED) is 0.0383. The lowest BCUT2D eigenvalue weighted by Crippen LogP contribution is -2.44. The number of aliphatic hydroxyl groups excluding tert-OH is 9. The Morgan fingerprint density at radius 3 is 1.56 bits per heavy atom. The van der Waals surface area contributed by atoms with Crippen LogP contribution >= 0.6 is 15.6 Å². The summed E-state index contributed by atoms with van der Waals surface area (Å²) in [6, 6.07) is 0. The number of ether oxygens (including phenoxy) is 6.